The van der Waals surface area contributed by atoms with Crippen molar-refractivity contribution in [3.05, 3.63) is 104 Å². The monoisotopic (exact) mass is 434 g/mol. The summed E-state index contributed by atoms with van der Waals surface area (Å²) in [6.07, 6.45) is 3.30. The minimum absolute atomic E-state index is 0.166. The molecule has 28 heavy (non-hydrogen) atoms. The van der Waals surface area contributed by atoms with Crippen LogP contribution >= 0.6 is 15.9 Å². The molecule has 0 saturated carbocycles. The predicted molar refractivity (Wildman–Crippen MR) is 115 cm³/mol. The number of para-hydroxylation sites is 1. The molecule has 138 valence electrons. The highest BCUT2D eigenvalue weighted by atomic mass is 79.9. The lowest BCUT2D eigenvalue weighted by molar-refractivity contribution is 0.625. The summed E-state index contributed by atoms with van der Waals surface area (Å²) in [7, 11) is 0. The maximum atomic E-state index is 14.0. The van der Waals surface area contributed by atoms with Crippen molar-refractivity contribution in [2.75, 3.05) is 0 Å². The van der Waals surface area contributed by atoms with Crippen LogP contribution in [0, 0.1) is 12.7 Å². The first-order valence-corrected chi connectivity index (χ1v) is 9.55. The highest BCUT2D eigenvalue weighted by Crippen LogP contribution is 2.21. The minimum atomic E-state index is -0.326. The van der Waals surface area contributed by atoms with Crippen molar-refractivity contribution in [3.8, 4) is 5.69 Å². The molecule has 1 heterocycles. The molecule has 0 N–H and O–H groups in total. The maximum Gasteiger partial charge on any atom is 0.266 e. The molecule has 0 fully saturated rings. The third-order valence-corrected chi connectivity index (χ3v) is 5.41. The molecule has 0 aliphatic heterocycles. The molecule has 0 saturated heterocycles. The second-order valence-electron chi connectivity index (χ2n) is 6.42. The van der Waals surface area contributed by atoms with Crippen molar-refractivity contribution in [2.45, 2.75) is 6.92 Å². The van der Waals surface area contributed by atoms with E-state index in [1.807, 2.05) is 37.3 Å². The summed E-state index contributed by atoms with van der Waals surface area (Å²) in [6, 6.07) is 19.4. The van der Waals surface area contributed by atoms with Crippen LogP contribution in [0.4, 0.5) is 4.39 Å². The lowest BCUT2D eigenvalue weighted by atomic mass is 10.1. The van der Waals surface area contributed by atoms with E-state index in [2.05, 4.69) is 20.9 Å². The summed E-state index contributed by atoms with van der Waals surface area (Å²) >= 11 is 3.49. The van der Waals surface area contributed by atoms with E-state index in [-0.39, 0.29) is 11.4 Å². The number of hydrogen-bond acceptors (Lipinski definition) is 2. The number of aromatic nitrogens is 2. The minimum Gasteiger partial charge on any atom is -0.268 e. The van der Waals surface area contributed by atoms with E-state index in [1.165, 1.54) is 6.07 Å². The highest BCUT2D eigenvalue weighted by molar-refractivity contribution is 9.10. The Bertz CT molecular complexity index is 1280. The fraction of sp³-hybridized carbons (Fsp3) is 0.0435. The summed E-state index contributed by atoms with van der Waals surface area (Å²) in [5.41, 5.74) is 2.58. The number of fused-ring (bicyclic) bond motifs is 1. The number of rotatable bonds is 3. The van der Waals surface area contributed by atoms with Gasteiger partial charge in [-0.1, -0.05) is 46.3 Å². The number of benzene rings is 3. The van der Waals surface area contributed by atoms with E-state index in [9.17, 15) is 9.18 Å². The first-order valence-electron chi connectivity index (χ1n) is 8.75. The maximum absolute atomic E-state index is 14.0. The molecule has 0 bridgehead atoms. The lowest BCUT2D eigenvalue weighted by Gasteiger charge is -2.12. The smallest absolute Gasteiger partial charge is 0.266 e. The SMILES string of the molecule is Cc1cc(-n2c(C=Cc3ccccc3F)nc3ccccc3c2=O)ccc1Br. The first-order chi connectivity index (χ1) is 13.5. The van der Waals surface area contributed by atoms with E-state index < -0.39 is 0 Å². The van der Waals surface area contributed by atoms with Crippen LogP contribution in [0.5, 0.6) is 0 Å². The van der Waals surface area contributed by atoms with Crippen molar-refractivity contribution in [1.82, 2.24) is 9.55 Å². The number of nitrogens with zero attached hydrogens (tertiary/aromatic N) is 2. The summed E-state index contributed by atoms with van der Waals surface area (Å²) in [5, 5.41) is 0.533. The standard InChI is InChI=1S/C23H16BrFN2O/c1-15-14-17(11-12-19(15)24)27-22(13-10-16-6-2-4-8-20(16)25)26-21-9-5-3-7-18(21)23(27)28/h2-14H,1H3. The van der Waals surface area contributed by atoms with E-state index in [0.29, 0.717) is 28.0 Å². The Morgan fingerprint density at radius 1 is 1.00 bits per heavy atom. The molecule has 0 aliphatic carbocycles. The zero-order valence-electron chi connectivity index (χ0n) is 15.1. The molecule has 3 aromatic carbocycles. The third kappa shape index (κ3) is 3.41. The summed E-state index contributed by atoms with van der Waals surface area (Å²) < 4.78 is 16.5. The summed E-state index contributed by atoms with van der Waals surface area (Å²) in [4.78, 5) is 17.9. The van der Waals surface area contributed by atoms with Crippen molar-refractivity contribution in [1.29, 1.82) is 0 Å². The van der Waals surface area contributed by atoms with Gasteiger partial charge in [-0.2, -0.15) is 0 Å². The molecule has 0 spiro atoms. The van der Waals surface area contributed by atoms with Crippen LogP contribution in [0.3, 0.4) is 0 Å². The normalized spacial score (nSPS) is 11.4. The van der Waals surface area contributed by atoms with Crippen LogP contribution in [0.2, 0.25) is 0 Å². The van der Waals surface area contributed by atoms with Crippen LogP contribution in [0.15, 0.2) is 76.0 Å². The van der Waals surface area contributed by atoms with Gasteiger partial charge in [-0.15, -0.1) is 0 Å². The van der Waals surface area contributed by atoms with Gasteiger partial charge < -0.3 is 0 Å². The fourth-order valence-corrected chi connectivity index (χ4v) is 3.30. The van der Waals surface area contributed by atoms with Crippen LogP contribution in [0.25, 0.3) is 28.7 Å². The lowest BCUT2D eigenvalue weighted by Crippen LogP contribution is -2.22. The van der Waals surface area contributed by atoms with Gasteiger partial charge in [-0.25, -0.2) is 9.37 Å². The predicted octanol–water partition coefficient (Wildman–Crippen LogP) is 5.77. The largest absolute Gasteiger partial charge is 0.268 e. The molecule has 3 nitrogen and oxygen atoms in total. The molecule has 0 amide bonds. The average molecular weight is 435 g/mol. The Morgan fingerprint density at radius 2 is 1.75 bits per heavy atom. The van der Waals surface area contributed by atoms with Crippen molar-refractivity contribution in [2.24, 2.45) is 0 Å². The van der Waals surface area contributed by atoms with Crippen LogP contribution in [-0.2, 0) is 0 Å². The van der Waals surface area contributed by atoms with E-state index in [4.69, 9.17) is 0 Å². The second kappa shape index (κ2) is 7.52. The van der Waals surface area contributed by atoms with E-state index in [1.54, 1.807) is 47.1 Å². The molecule has 4 aromatic rings. The Kier molecular flexibility index (Phi) is 4.92. The molecule has 0 unspecified atom stereocenters. The Morgan fingerprint density at radius 3 is 2.54 bits per heavy atom. The van der Waals surface area contributed by atoms with Crippen LogP contribution in [0.1, 0.15) is 17.0 Å². The van der Waals surface area contributed by atoms with Crippen LogP contribution in [-0.4, -0.2) is 9.55 Å². The van der Waals surface area contributed by atoms with Gasteiger partial charge in [0.2, 0.25) is 0 Å². The third-order valence-electron chi connectivity index (χ3n) is 4.52. The zero-order chi connectivity index (χ0) is 19.7. The summed E-state index contributed by atoms with van der Waals surface area (Å²) in [5.74, 6) is 0.113. The molecule has 1 aromatic heterocycles. The fourth-order valence-electron chi connectivity index (χ4n) is 3.05. The second-order valence-corrected chi connectivity index (χ2v) is 7.27. The highest BCUT2D eigenvalue weighted by Gasteiger charge is 2.12. The molecule has 0 atom stereocenters. The van der Waals surface area contributed by atoms with Crippen LogP contribution < -0.4 is 5.56 Å². The van der Waals surface area contributed by atoms with Gasteiger partial charge in [-0.3, -0.25) is 9.36 Å². The van der Waals surface area contributed by atoms with E-state index >= 15 is 0 Å². The first kappa shape index (κ1) is 18.3. The van der Waals surface area contributed by atoms with Gasteiger partial charge in [0.15, 0.2) is 0 Å². The molecule has 4 rings (SSSR count). The van der Waals surface area contributed by atoms with Gasteiger partial charge in [0, 0.05) is 10.0 Å². The van der Waals surface area contributed by atoms with Crippen molar-refractivity contribution >= 4 is 39.0 Å². The molecule has 5 heteroatoms. The Labute approximate surface area is 169 Å². The van der Waals surface area contributed by atoms with Gasteiger partial charge in [0.05, 0.1) is 16.6 Å². The quantitative estimate of drug-likeness (QED) is 0.410. The number of halogens is 2. The molecule has 0 aliphatic rings. The molecule has 0 radical (unpaired) electrons. The van der Waals surface area contributed by atoms with Gasteiger partial charge >= 0.3 is 0 Å². The van der Waals surface area contributed by atoms with Gasteiger partial charge in [-0.05, 0) is 61.0 Å². The molecular formula is C23H16BrFN2O. The van der Waals surface area contributed by atoms with Gasteiger partial charge in [0.25, 0.3) is 5.56 Å². The zero-order valence-corrected chi connectivity index (χ0v) is 16.7. The van der Waals surface area contributed by atoms with E-state index in [0.717, 1.165) is 10.0 Å². The Balaban J connectivity index is 1.97. The van der Waals surface area contributed by atoms with Crippen molar-refractivity contribution < 1.29 is 4.39 Å². The topological polar surface area (TPSA) is 34.9 Å². The Hall–Kier alpha value is -3.05. The number of aryl methyl sites for hydroxylation is 1. The van der Waals surface area contributed by atoms with Crippen molar-refractivity contribution in [3.63, 3.8) is 0 Å². The molecular weight excluding hydrogens is 419 g/mol. The average Bonchev–Trinajstić information content (AvgIpc) is 2.70. The summed E-state index contributed by atoms with van der Waals surface area (Å²) in [6.45, 7) is 1.96. The van der Waals surface area contributed by atoms with Gasteiger partial charge in [0.1, 0.15) is 11.6 Å². The number of hydrogen-bond donors (Lipinski definition) is 0.